The smallest absolute Gasteiger partial charge is 0.314 e. The first-order chi connectivity index (χ1) is 19.6. The highest BCUT2D eigenvalue weighted by molar-refractivity contribution is 5.99. The maximum absolute atomic E-state index is 13.6. The molecule has 2 aliphatic heterocycles. The number of carbonyl (C=O) groups is 1. The maximum Gasteiger partial charge on any atom is 0.323 e. The van der Waals surface area contributed by atoms with Crippen LogP contribution in [-0.4, -0.2) is 71.1 Å². The van der Waals surface area contributed by atoms with Crippen molar-refractivity contribution in [2.45, 2.75) is 38.3 Å². The van der Waals surface area contributed by atoms with Gasteiger partial charge in [0.25, 0.3) is 0 Å². The molecule has 6 rings (SSSR count). The fourth-order valence-corrected chi connectivity index (χ4v) is 6.18. The number of hydrogen-bond acceptors (Lipinski definition) is 6. The Morgan fingerprint density at radius 1 is 1.00 bits per heavy atom. The van der Waals surface area contributed by atoms with Crippen LogP contribution in [0.15, 0.2) is 48.8 Å². The Kier molecular flexibility index (Phi) is 7.57. The normalized spacial score (nSPS) is 21.1. The van der Waals surface area contributed by atoms with E-state index in [0.717, 1.165) is 41.9 Å². The molecule has 0 radical (unpaired) electrons. The number of carbonyl (C=O) groups excluding carboxylic acids is 1. The number of quaternary nitrogens is 1. The van der Waals surface area contributed by atoms with E-state index in [2.05, 4.69) is 15.6 Å². The molecule has 40 heavy (non-hydrogen) atoms. The zero-order valence-electron chi connectivity index (χ0n) is 22.4. The summed E-state index contributed by atoms with van der Waals surface area (Å²) in [6.07, 6.45) is 7.16. The van der Waals surface area contributed by atoms with Crippen LogP contribution in [0, 0.1) is 5.92 Å². The van der Waals surface area contributed by atoms with Gasteiger partial charge >= 0.3 is 6.03 Å². The van der Waals surface area contributed by atoms with Gasteiger partial charge in [0, 0.05) is 41.3 Å². The minimum Gasteiger partial charge on any atom is -0.314 e. The zero-order chi connectivity index (χ0) is 27.5. The lowest BCUT2D eigenvalue weighted by atomic mass is 10.0. The number of pyridine rings is 1. The third-order valence-corrected chi connectivity index (χ3v) is 8.35. The van der Waals surface area contributed by atoms with Crippen molar-refractivity contribution in [3.63, 3.8) is 0 Å². The van der Waals surface area contributed by atoms with Crippen molar-refractivity contribution >= 4 is 23.2 Å². The van der Waals surface area contributed by atoms with Gasteiger partial charge in [-0.25, -0.2) is 28.6 Å². The standard InChI is InChI=1S/C29H33F2N7O2/c30-10-15-38(16-11-31)14-9-25-26(18-38)35-27(36-28(25)37-24-6-1-20(17-24)19-40-37)21-2-4-22(5-3-21)33-29(39)34-23-7-12-32-13-8-23/h2-5,7-8,12-13,20,24H,1,6,9-11,14-19H2,(H-,32,33,34,35,36,39)/p+1. The summed E-state index contributed by atoms with van der Waals surface area (Å²) in [4.78, 5) is 32.5. The summed E-state index contributed by atoms with van der Waals surface area (Å²) in [5, 5.41) is 7.58. The number of urea groups is 1. The third kappa shape index (κ3) is 5.48. The summed E-state index contributed by atoms with van der Waals surface area (Å²) in [6, 6.07) is 10.7. The Morgan fingerprint density at radius 3 is 2.45 bits per heavy atom. The van der Waals surface area contributed by atoms with Crippen molar-refractivity contribution in [3.8, 4) is 11.4 Å². The maximum atomic E-state index is 13.6. The topological polar surface area (TPSA) is 92.3 Å². The van der Waals surface area contributed by atoms with E-state index in [4.69, 9.17) is 14.8 Å². The second kappa shape index (κ2) is 11.4. The molecule has 3 aliphatic rings. The SMILES string of the molecule is O=C(Nc1ccncc1)Nc1ccc(-c2nc3c(c(N4OCC5CCC4C5)n2)CC[N+](CCF)(CCF)C3)cc1. The van der Waals surface area contributed by atoms with Gasteiger partial charge in [-0.2, -0.15) is 0 Å². The van der Waals surface area contributed by atoms with Gasteiger partial charge < -0.3 is 15.1 Å². The lowest BCUT2D eigenvalue weighted by Crippen LogP contribution is -2.54. The van der Waals surface area contributed by atoms with Crippen molar-refractivity contribution in [2.75, 3.05) is 55.3 Å². The Labute approximate surface area is 232 Å². The van der Waals surface area contributed by atoms with E-state index in [1.54, 1.807) is 36.7 Å². The molecular formula is C29H34F2N7O2+. The molecule has 1 aromatic carbocycles. The third-order valence-electron chi connectivity index (χ3n) is 8.35. The summed E-state index contributed by atoms with van der Waals surface area (Å²) in [6.45, 7) is 1.33. The van der Waals surface area contributed by atoms with E-state index in [1.807, 2.05) is 17.2 Å². The van der Waals surface area contributed by atoms with E-state index in [1.165, 1.54) is 0 Å². The highest BCUT2D eigenvalue weighted by Crippen LogP contribution is 2.40. The van der Waals surface area contributed by atoms with Crippen molar-refractivity contribution in [1.82, 2.24) is 15.0 Å². The van der Waals surface area contributed by atoms with Crippen molar-refractivity contribution in [1.29, 1.82) is 0 Å². The highest BCUT2D eigenvalue weighted by atomic mass is 19.1. The molecule has 2 atom stereocenters. The van der Waals surface area contributed by atoms with Gasteiger partial charge in [-0.3, -0.25) is 9.82 Å². The number of hydrogen-bond donors (Lipinski definition) is 2. The number of nitrogens with zero attached hydrogens (tertiary/aromatic N) is 5. The van der Waals surface area contributed by atoms with Gasteiger partial charge in [-0.05, 0) is 61.6 Å². The first-order valence-corrected chi connectivity index (χ1v) is 13.9. The number of amides is 2. The molecule has 2 N–H and O–H groups in total. The number of aromatic nitrogens is 3. The molecule has 4 heterocycles. The Balaban J connectivity index is 1.29. The molecule has 2 aromatic heterocycles. The summed E-state index contributed by atoms with van der Waals surface area (Å²) in [7, 11) is 0. The molecular weight excluding hydrogens is 516 g/mol. The molecule has 3 aromatic rings. The van der Waals surface area contributed by atoms with Crippen LogP contribution in [0.1, 0.15) is 30.5 Å². The van der Waals surface area contributed by atoms with Crippen LogP contribution < -0.4 is 15.7 Å². The summed E-state index contributed by atoms with van der Waals surface area (Å²) < 4.78 is 27.4. The number of fused-ring (bicyclic) bond motifs is 3. The number of hydroxylamine groups is 1. The predicted molar refractivity (Wildman–Crippen MR) is 148 cm³/mol. The number of nitrogens with one attached hydrogen (secondary N) is 2. The zero-order valence-corrected chi connectivity index (χ0v) is 22.4. The number of alkyl halides is 2. The average molecular weight is 551 g/mol. The van der Waals surface area contributed by atoms with Gasteiger partial charge in [0.05, 0.1) is 19.2 Å². The predicted octanol–water partition coefficient (Wildman–Crippen LogP) is 4.91. The van der Waals surface area contributed by atoms with Crippen LogP contribution >= 0.6 is 0 Å². The number of anilines is 3. The molecule has 1 saturated heterocycles. The monoisotopic (exact) mass is 550 g/mol. The van der Waals surface area contributed by atoms with Gasteiger partial charge in [0.15, 0.2) is 11.6 Å². The lowest BCUT2D eigenvalue weighted by molar-refractivity contribution is -0.942. The highest BCUT2D eigenvalue weighted by Gasteiger charge is 2.41. The second-order valence-electron chi connectivity index (χ2n) is 10.9. The van der Waals surface area contributed by atoms with E-state index in [9.17, 15) is 13.6 Å². The average Bonchev–Trinajstić information content (AvgIpc) is 3.34. The number of benzene rings is 1. The number of rotatable bonds is 8. The van der Waals surface area contributed by atoms with Gasteiger partial charge in [-0.15, -0.1) is 0 Å². The largest absolute Gasteiger partial charge is 0.323 e. The molecule has 1 saturated carbocycles. The van der Waals surface area contributed by atoms with Crippen LogP contribution in [0.25, 0.3) is 11.4 Å². The number of halogens is 2. The van der Waals surface area contributed by atoms with Crippen molar-refractivity contribution in [3.05, 3.63) is 60.0 Å². The first kappa shape index (κ1) is 26.5. The van der Waals surface area contributed by atoms with Crippen LogP contribution in [0.5, 0.6) is 0 Å². The molecule has 0 spiro atoms. The summed E-state index contributed by atoms with van der Waals surface area (Å²) >= 11 is 0. The van der Waals surface area contributed by atoms with Crippen LogP contribution in [0.4, 0.5) is 30.8 Å². The van der Waals surface area contributed by atoms with Crippen LogP contribution in [0.3, 0.4) is 0 Å². The van der Waals surface area contributed by atoms with E-state index < -0.39 is 13.3 Å². The van der Waals surface area contributed by atoms with Crippen LogP contribution in [0.2, 0.25) is 0 Å². The van der Waals surface area contributed by atoms with E-state index in [0.29, 0.717) is 53.7 Å². The lowest BCUT2D eigenvalue weighted by Gasteiger charge is -2.42. The fourth-order valence-electron chi connectivity index (χ4n) is 6.18. The van der Waals surface area contributed by atoms with Crippen LogP contribution in [-0.2, 0) is 17.8 Å². The molecule has 11 heteroatoms. The van der Waals surface area contributed by atoms with Gasteiger partial charge in [0.1, 0.15) is 38.7 Å². The summed E-state index contributed by atoms with van der Waals surface area (Å²) in [5.74, 6) is 1.90. The van der Waals surface area contributed by atoms with Crippen molar-refractivity contribution < 1.29 is 22.9 Å². The second-order valence-corrected chi connectivity index (χ2v) is 10.9. The fraction of sp³-hybridized carbons (Fsp3) is 0.448. The van der Waals surface area contributed by atoms with E-state index >= 15 is 0 Å². The molecule has 2 unspecified atom stereocenters. The first-order valence-electron chi connectivity index (χ1n) is 13.9. The Morgan fingerprint density at radius 2 is 1.73 bits per heavy atom. The molecule has 9 nitrogen and oxygen atoms in total. The molecule has 1 aliphatic carbocycles. The van der Waals surface area contributed by atoms with Crippen molar-refractivity contribution in [2.24, 2.45) is 5.92 Å². The molecule has 210 valence electrons. The van der Waals surface area contributed by atoms with E-state index in [-0.39, 0.29) is 25.2 Å². The molecule has 2 amide bonds. The minimum atomic E-state index is -0.498. The van der Waals surface area contributed by atoms with Gasteiger partial charge in [-0.1, -0.05) is 0 Å². The Bertz CT molecular complexity index is 1340. The quantitative estimate of drug-likeness (QED) is 0.387. The molecule has 2 fully saturated rings. The minimum absolute atomic E-state index is 0.268. The Hall–Kier alpha value is -3.70. The summed E-state index contributed by atoms with van der Waals surface area (Å²) in [5.41, 5.74) is 3.89. The molecule has 2 bridgehead atoms. The van der Waals surface area contributed by atoms with Gasteiger partial charge in [0.2, 0.25) is 0 Å².